The molecule has 0 radical (unpaired) electrons. The van der Waals surface area contributed by atoms with Gasteiger partial charge in [0, 0.05) is 18.2 Å². The van der Waals surface area contributed by atoms with E-state index in [9.17, 15) is 19.2 Å². The minimum Gasteiger partial charge on any atom is -0.480 e. The van der Waals surface area contributed by atoms with Crippen LogP contribution in [-0.4, -0.2) is 57.7 Å². The van der Waals surface area contributed by atoms with E-state index in [1.54, 1.807) is 0 Å². The van der Waals surface area contributed by atoms with Crippen LogP contribution < -0.4 is 0 Å². The molecule has 0 atom stereocenters. The molecule has 144 valence electrons. The number of carbonyl (C=O) groups excluding carboxylic acids is 3. The van der Waals surface area contributed by atoms with Crippen molar-refractivity contribution in [1.29, 1.82) is 0 Å². The van der Waals surface area contributed by atoms with Gasteiger partial charge >= 0.3 is 5.97 Å². The maximum Gasteiger partial charge on any atom is 0.323 e. The molecule has 1 N–H and O–H groups in total. The van der Waals surface area contributed by atoms with Crippen molar-refractivity contribution in [2.24, 2.45) is 0 Å². The van der Waals surface area contributed by atoms with Gasteiger partial charge < -0.3 is 10.0 Å². The summed E-state index contributed by atoms with van der Waals surface area (Å²) >= 11 is 0. The summed E-state index contributed by atoms with van der Waals surface area (Å²) in [5.41, 5.74) is 0.792. The van der Waals surface area contributed by atoms with E-state index in [1.807, 2.05) is 6.92 Å². The molecule has 1 fully saturated rings. The predicted octanol–water partition coefficient (Wildman–Crippen LogP) is 2.55. The molecule has 7 heteroatoms. The molecular formula is C20H24N2O5. The largest absolute Gasteiger partial charge is 0.480 e. The first-order chi connectivity index (χ1) is 12.9. The lowest BCUT2D eigenvalue weighted by molar-refractivity contribution is -0.137. The number of carboxylic acid groups (broad SMARTS) is 1. The highest BCUT2D eigenvalue weighted by Gasteiger charge is 2.40. The fraction of sp³-hybridized carbons (Fsp3) is 0.500. The second-order valence-electron chi connectivity index (χ2n) is 7.15. The standard InChI is InChI=1S/C20H24N2O5/c1-2-10-21(12-17(23)24)18(25)13-8-9-15-16(11-13)20(27)22(19(15)26)14-6-4-3-5-7-14/h8-9,11,14H,2-7,10,12H2,1H3,(H,23,24). The van der Waals surface area contributed by atoms with Crippen molar-refractivity contribution in [2.45, 2.75) is 51.5 Å². The lowest BCUT2D eigenvalue weighted by Crippen LogP contribution is -2.40. The van der Waals surface area contributed by atoms with E-state index in [-0.39, 0.29) is 29.0 Å². The molecule has 1 heterocycles. The second-order valence-corrected chi connectivity index (χ2v) is 7.15. The fourth-order valence-corrected chi connectivity index (χ4v) is 3.93. The Labute approximate surface area is 157 Å². The van der Waals surface area contributed by atoms with Crippen molar-refractivity contribution in [3.8, 4) is 0 Å². The number of amides is 3. The Kier molecular flexibility index (Phi) is 5.58. The zero-order valence-corrected chi connectivity index (χ0v) is 15.4. The van der Waals surface area contributed by atoms with Gasteiger partial charge in [0.2, 0.25) is 0 Å². The summed E-state index contributed by atoms with van der Waals surface area (Å²) in [6.07, 6.45) is 5.39. The molecule has 0 spiro atoms. The lowest BCUT2D eigenvalue weighted by Gasteiger charge is -2.29. The molecule has 3 rings (SSSR count). The van der Waals surface area contributed by atoms with Crippen molar-refractivity contribution in [2.75, 3.05) is 13.1 Å². The predicted molar refractivity (Wildman–Crippen MR) is 97.6 cm³/mol. The second kappa shape index (κ2) is 7.90. The molecule has 0 bridgehead atoms. The number of hydrogen-bond acceptors (Lipinski definition) is 4. The molecule has 1 aromatic rings. The summed E-state index contributed by atoms with van der Waals surface area (Å²) in [6.45, 7) is 1.77. The van der Waals surface area contributed by atoms with Gasteiger partial charge in [-0.25, -0.2) is 0 Å². The molecule has 1 saturated carbocycles. The van der Waals surface area contributed by atoms with Crippen molar-refractivity contribution in [3.63, 3.8) is 0 Å². The van der Waals surface area contributed by atoms with Crippen molar-refractivity contribution >= 4 is 23.7 Å². The van der Waals surface area contributed by atoms with E-state index in [4.69, 9.17) is 5.11 Å². The first kappa shape index (κ1) is 19.1. The molecule has 2 aliphatic rings. The van der Waals surface area contributed by atoms with Crippen LogP contribution in [0.5, 0.6) is 0 Å². The van der Waals surface area contributed by atoms with E-state index < -0.39 is 18.4 Å². The third kappa shape index (κ3) is 3.72. The molecular weight excluding hydrogens is 348 g/mol. The Morgan fingerprint density at radius 3 is 2.41 bits per heavy atom. The first-order valence-corrected chi connectivity index (χ1v) is 9.47. The smallest absolute Gasteiger partial charge is 0.323 e. The number of rotatable bonds is 6. The number of carboxylic acids is 1. The minimum absolute atomic E-state index is 0.0751. The van der Waals surface area contributed by atoms with Crippen LogP contribution in [0.3, 0.4) is 0 Å². The molecule has 3 amide bonds. The summed E-state index contributed by atoms with van der Waals surface area (Å²) < 4.78 is 0. The zero-order valence-electron chi connectivity index (χ0n) is 15.4. The van der Waals surface area contributed by atoms with Crippen molar-refractivity contribution in [1.82, 2.24) is 9.80 Å². The molecule has 0 saturated heterocycles. The van der Waals surface area contributed by atoms with Crippen LogP contribution >= 0.6 is 0 Å². The zero-order chi connectivity index (χ0) is 19.6. The highest BCUT2D eigenvalue weighted by atomic mass is 16.4. The van der Waals surface area contributed by atoms with E-state index in [0.717, 1.165) is 32.1 Å². The Hall–Kier alpha value is -2.70. The van der Waals surface area contributed by atoms with Gasteiger partial charge in [-0.15, -0.1) is 0 Å². The highest BCUT2D eigenvalue weighted by molar-refractivity contribution is 6.22. The summed E-state index contributed by atoms with van der Waals surface area (Å²) in [5, 5.41) is 9.02. The Morgan fingerprint density at radius 1 is 1.11 bits per heavy atom. The van der Waals surface area contributed by atoms with Crippen LogP contribution in [0.1, 0.15) is 76.5 Å². The number of imide groups is 1. The molecule has 27 heavy (non-hydrogen) atoms. The number of aliphatic carboxylic acids is 1. The SMILES string of the molecule is CCCN(CC(=O)O)C(=O)c1ccc2c(c1)C(=O)N(C1CCCCC1)C2=O. The van der Waals surface area contributed by atoms with Gasteiger partial charge in [0.05, 0.1) is 11.1 Å². The van der Waals surface area contributed by atoms with Gasteiger partial charge in [-0.1, -0.05) is 26.2 Å². The van der Waals surface area contributed by atoms with Gasteiger partial charge in [-0.3, -0.25) is 24.1 Å². The number of carbonyl (C=O) groups is 4. The summed E-state index contributed by atoms with van der Waals surface area (Å²) in [7, 11) is 0. The van der Waals surface area contributed by atoms with Crippen LogP contribution in [-0.2, 0) is 4.79 Å². The molecule has 1 aromatic carbocycles. The minimum atomic E-state index is -1.09. The van der Waals surface area contributed by atoms with Gasteiger partial charge in [-0.05, 0) is 37.5 Å². The monoisotopic (exact) mass is 372 g/mol. The molecule has 1 aliphatic heterocycles. The normalized spacial score (nSPS) is 17.1. The van der Waals surface area contributed by atoms with E-state index in [1.165, 1.54) is 28.0 Å². The van der Waals surface area contributed by atoms with E-state index in [0.29, 0.717) is 18.5 Å². The molecule has 0 unspecified atom stereocenters. The van der Waals surface area contributed by atoms with Crippen molar-refractivity contribution in [3.05, 3.63) is 34.9 Å². The van der Waals surface area contributed by atoms with Crippen LogP contribution in [0, 0.1) is 0 Å². The van der Waals surface area contributed by atoms with E-state index in [2.05, 4.69) is 0 Å². The van der Waals surface area contributed by atoms with Gasteiger partial charge in [0.25, 0.3) is 17.7 Å². The average Bonchev–Trinajstić information content (AvgIpc) is 2.91. The van der Waals surface area contributed by atoms with Crippen LogP contribution in [0.2, 0.25) is 0 Å². The van der Waals surface area contributed by atoms with Crippen LogP contribution in [0.25, 0.3) is 0 Å². The summed E-state index contributed by atoms with van der Waals surface area (Å²) in [6, 6.07) is 4.37. The molecule has 7 nitrogen and oxygen atoms in total. The van der Waals surface area contributed by atoms with Gasteiger partial charge in [0.15, 0.2) is 0 Å². The Morgan fingerprint density at radius 2 is 1.78 bits per heavy atom. The average molecular weight is 372 g/mol. The lowest BCUT2D eigenvalue weighted by atomic mass is 9.94. The Bertz CT molecular complexity index is 783. The number of benzene rings is 1. The number of fused-ring (bicyclic) bond motifs is 1. The maximum atomic E-state index is 12.8. The fourth-order valence-electron chi connectivity index (χ4n) is 3.93. The van der Waals surface area contributed by atoms with Gasteiger partial charge in [0.1, 0.15) is 6.54 Å². The maximum absolute atomic E-state index is 12.8. The Balaban J connectivity index is 1.86. The number of nitrogens with zero attached hydrogens (tertiary/aromatic N) is 2. The van der Waals surface area contributed by atoms with Crippen molar-refractivity contribution < 1.29 is 24.3 Å². The van der Waals surface area contributed by atoms with Crippen LogP contribution in [0.15, 0.2) is 18.2 Å². The summed E-state index contributed by atoms with van der Waals surface area (Å²) in [4.78, 5) is 51.8. The topological polar surface area (TPSA) is 95.0 Å². The molecule has 0 aromatic heterocycles. The van der Waals surface area contributed by atoms with Crippen LogP contribution in [0.4, 0.5) is 0 Å². The highest BCUT2D eigenvalue weighted by Crippen LogP contribution is 2.31. The third-order valence-electron chi connectivity index (χ3n) is 5.21. The first-order valence-electron chi connectivity index (χ1n) is 9.47. The quantitative estimate of drug-likeness (QED) is 0.775. The molecule has 1 aliphatic carbocycles. The summed E-state index contributed by atoms with van der Waals surface area (Å²) in [5.74, 6) is -2.18. The third-order valence-corrected chi connectivity index (χ3v) is 5.21. The van der Waals surface area contributed by atoms with E-state index >= 15 is 0 Å². The van der Waals surface area contributed by atoms with Gasteiger partial charge in [-0.2, -0.15) is 0 Å². The number of hydrogen-bond donors (Lipinski definition) is 1.